The maximum Gasteiger partial charge on any atom is 0.310 e. The van der Waals surface area contributed by atoms with Crippen molar-refractivity contribution in [1.82, 2.24) is 4.98 Å². The van der Waals surface area contributed by atoms with Gasteiger partial charge in [-0.2, -0.15) is 0 Å². The van der Waals surface area contributed by atoms with Gasteiger partial charge >= 0.3 is 5.97 Å². The lowest BCUT2D eigenvalue weighted by Gasteiger charge is -2.11. The first-order chi connectivity index (χ1) is 8.01. The molecular weight excluding hydrogens is 256 g/mol. The molecule has 0 aliphatic carbocycles. The zero-order valence-electron chi connectivity index (χ0n) is 8.91. The number of ether oxygens (including phenoxy) is 1. The van der Waals surface area contributed by atoms with Crippen LogP contribution in [0.2, 0.25) is 0 Å². The Balaban J connectivity index is 3.22. The maximum absolute atomic E-state index is 12.5. The van der Waals surface area contributed by atoms with Crippen molar-refractivity contribution >= 4 is 17.6 Å². The molecule has 1 aromatic heterocycles. The molecule has 0 amide bonds. The Hall–Kier alpha value is -1.43. The SMILES string of the molecule is COC(=O)Cc1c(CCl)cnc(C(F)F)c1O. The number of aromatic hydroxyl groups is 1. The molecular formula is C10H10ClF2NO3. The van der Waals surface area contributed by atoms with E-state index in [0.29, 0.717) is 5.56 Å². The van der Waals surface area contributed by atoms with Crippen LogP contribution in [-0.2, 0) is 21.8 Å². The summed E-state index contributed by atoms with van der Waals surface area (Å²) in [7, 11) is 1.16. The van der Waals surface area contributed by atoms with Gasteiger partial charge in [0.25, 0.3) is 6.43 Å². The smallest absolute Gasteiger partial charge is 0.310 e. The van der Waals surface area contributed by atoms with Gasteiger partial charge in [0.05, 0.1) is 13.5 Å². The van der Waals surface area contributed by atoms with Gasteiger partial charge in [0, 0.05) is 17.6 Å². The second kappa shape index (κ2) is 5.77. The van der Waals surface area contributed by atoms with Crippen molar-refractivity contribution in [3.63, 3.8) is 0 Å². The predicted molar refractivity (Wildman–Crippen MR) is 56.1 cm³/mol. The van der Waals surface area contributed by atoms with Gasteiger partial charge in [-0.05, 0) is 5.56 Å². The fraction of sp³-hybridized carbons (Fsp3) is 0.400. The van der Waals surface area contributed by atoms with Crippen molar-refractivity contribution in [3.05, 3.63) is 23.0 Å². The Bertz CT molecular complexity index is 426. The fourth-order valence-corrected chi connectivity index (χ4v) is 1.51. The number of hydrogen-bond acceptors (Lipinski definition) is 4. The maximum atomic E-state index is 12.5. The van der Waals surface area contributed by atoms with E-state index < -0.39 is 23.8 Å². The number of aromatic nitrogens is 1. The van der Waals surface area contributed by atoms with Crippen LogP contribution in [0.1, 0.15) is 23.2 Å². The van der Waals surface area contributed by atoms with Gasteiger partial charge in [0.15, 0.2) is 0 Å². The standard InChI is InChI=1S/C10H10ClF2NO3/c1-17-7(15)2-6-5(3-11)4-14-8(9(6)16)10(12)13/h4,10,16H,2-3H2,1H3. The van der Waals surface area contributed by atoms with E-state index in [4.69, 9.17) is 11.6 Å². The molecule has 1 rings (SSSR count). The van der Waals surface area contributed by atoms with Gasteiger partial charge < -0.3 is 9.84 Å². The second-order valence-corrected chi connectivity index (χ2v) is 3.45. The summed E-state index contributed by atoms with van der Waals surface area (Å²) in [6.07, 6.45) is -2.13. The molecule has 0 aliphatic heterocycles. The van der Waals surface area contributed by atoms with E-state index in [1.807, 2.05) is 0 Å². The fourth-order valence-electron chi connectivity index (χ4n) is 1.28. The molecule has 1 aromatic rings. The molecule has 7 heteroatoms. The summed E-state index contributed by atoms with van der Waals surface area (Å²) in [6, 6.07) is 0. The first kappa shape index (κ1) is 13.6. The van der Waals surface area contributed by atoms with Crippen molar-refractivity contribution in [1.29, 1.82) is 0 Å². The van der Waals surface area contributed by atoms with Gasteiger partial charge in [-0.25, -0.2) is 8.78 Å². The Kier molecular flexibility index (Phi) is 4.62. The first-order valence-electron chi connectivity index (χ1n) is 4.61. The van der Waals surface area contributed by atoms with E-state index in [2.05, 4.69) is 9.72 Å². The van der Waals surface area contributed by atoms with Crippen LogP contribution in [0.25, 0.3) is 0 Å². The summed E-state index contributed by atoms with van der Waals surface area (Å²) in [5.41, 5.74) is -0.422. The Morgan fingerprint density at radius 3 is 2.76 bits per heavy atom. The van der Waals surface area contributed by atoms with Crippen LogP contribution in [0, 0.1) is 0 Å². The molecule has 1 heterocycles. The molecule has 0 radical (unpaired) electrons. The lowest BCUT2D eigenvalue weighted by molar-refractivity contribution is -0.139. The summed E-state index contributed by atoms with van der Waals surface area (Å²) in [6.45, 7) is 0. The Morgan fingerprint density at radius 2 is 2.29 bits per heavy atom. The van der Waals surface area contributed by atoms with Crippen molar-refractivity contribution in [2.75, 3.05) is 7.11 Å². The molecule has 0 aliphatic rings. The van der Waals surface area contributed by atoms with E-state index in [1.165, 1.54) is 0 Å². The molecule has 94 valence electrons. The van der Waals surface area contributed by atoms with Gasteiger partial charge in [-0.3, -0.25) is 9.78 Å². The van der Waals surface area contributed by atoms with Gasteiger partial charge in [-0.15, -0.1) is 11.6 Å². The zero-order chi connectivity index (χ0) is 13.0. The van der Waals surface area contributed by atoms with Crippen molar-refractivity contribution in [2.24, 2.45) is 0 Å². The highest BCUT2D eigenvalue weighted by Crippen LogP contribution is 2.32. The average Bonchev–Trinajstić information content (AvgIpc) is 2.30. The molecule has 0 saturated heterocycles. The van der Waals surface area contributed by atoms with Crippen LogP contribution in [0.3, 0.4) is 0 Å². The Labute approximate surface area is 101 Å². The van der Waals surface area contributed by atoms with Gasteiger partial charge in [-0.1, -0.05) is 0 Å². The number of nitrogens with zero attached hydrogens (tertiary/aromatic N) is 1. The molecule has 17 heavy (non-hydrogen) atoms. The van der Waals surface area contributed by atoms with Crippen LogP contribution < -0.4 is 0 Å². The number of carbonyl (C=O) groups excluding carboxylic acids is 1. The molecule has 0 saturated carbocycles. The summed E-state index contributed by atoms with van der Waals surface area (Å²) in [4.78, 5) is 14.5. The third-order valence-corrected chi connectivity index (χ3v) is 2.46. The zero-order valence-corrected chi connectivity index (χ0v) is 9.67. The van der Waals surface area contributed by atoms with Crippen LogP contribution >= 0.6 is 11.6 Å². The molecule has 0 bridgehead atoms. The van der Waals surface area contributed by atoms with E-state index in [0.717, 1.165) is 13.3 Å². The van der Waals surface area contributed by atoms with E-state index in [9.17, 15) is 18.7 Å². The molecule has 0 fully saturated rings. The largest absolute Gasteiger partial charge is 0.505 e. The molecule has 0 aromatic carbocycles. The molecule has 0 unspecified atom stereocenters. The quantitative estimate of drug-likeness (QED) is 0.670. The molecule has 0 atom stereocenters. The van der Waals surface area contributed by atoms with E-state index in [1.54, 1.807) is 0 Å². The highest BCUT2D eigenvalue weighted by atomic mass is 35.5. The van der Waals surface area contributed by atoms with Crippen LogP contribution in [0.15, 0.2) is 6.20 Å². The van der Waals surface area contributed by atoms with Crippen molar-refractivity contribution < 1.29 is 23.4 Å². The number of esters is 1. The minimum absolute atomic E-state index is 0.0251. The molecule has 0 spiro atoms. The van der Waals surface area contributed by atoms with Crippen LogP contribution in [0.4, 0.5) is 8.78 Å². The van der Waals surface area contributed by atoms with E-state index >= 15 is 0 Å². The minimum Gasteiger partial charge on any atom is -0.505 e. The van der Waals surface area contributed by atoms with Crippen LogP contribution in [-0.4, -0.2) is 23.2 Å². The number of carbonyl (C=O) groups is 1. The predicted octanol–water partition coefficient (Wildman–Crippen LogP) is 2.18. The average molecular weight is 266 g/mol. The number of pyridine rings is 1. The molecule has 1 N–H and O–H groups in total. The normalized spacial score (nSPS) is 10.6. The third-order valence-electron chi connectivity index (χ3n) is 2.18. The first-order valence-corrected chi connectivity index (χ1v) is 5.15. The number of hydrogen-bond donors (Lipinski definition) is 1. The van der Waals surface area contributed by atoms with Crippen LogP contribution in [0.5, 0.6) is 5.75 Å². The number of rotatable bonds is 4. The summed E-state index contributed by atoms with van der Waals surface area (Å²) >= 11 is 5.57. The van der Waals surface area contributed by atoms with Gasteiger partial charge in [0.1, 0.15) is 11.4 Å². The third kappa shape index (κ3) is 3.03. The topological polar surface area (TPSA) is 59.4 Å². The summed E-state index contributed by atoms with van der Waals surface area (Å²) in [5.74, 6) is -1.40. The highest BCUT2D eigenvalue weighted by Gasteiger charge is 2.21. The lowest BCUT2D eigenvalue weighted by Crippen LogP contribution is -2.09. The highest BCUT2D eigenvalue weighted by molar-refractivity contribution is 6.17. The number of halogens is 3. The monoisotopic (exact) mass is 265 g/mol. The van der Waals surface area contributed by atoms with Crippen molar-refractivity contribution in [3.8, 4) is 5.75 Å². The molecule has 4 nitrogen and oxygen atoms in total. The van der Waals surface area contributed by atoms with Crippen molar-refractivity contribution in [2.45, 2.75) is 18.7 Å². The number of methoxy groups -OCH3 is 1. The lowest BCUT2D eigenvalue weighted by atomic mass is 10.1. The summed E-state index contributed by atoms with van der Waals surface area (Å²) < 4.78 is 29.4. The summed E-state index contributed by atoms with van der Waals surface area (Å²) in [5, 5.41) is 9.61. The Morgan fingerprint density at radius 1 is 1.65 bits per heavy atom. The number of alkyl halides is 3. The second-order valence-electron chi connectivity index (χ2n) is 3.18. The van der Waals surface area contributed by atoms with E-state index in [-0.39, 0.29) is 17.9 Å². The van der Waals surface area contributed by atoms with Gasteiger partial charge in [0.2, 0.25) is 0 Å². The minimum atomic E-state index is -2.92.